The van der Waals surface area contributed by atoms with Crippen molar-refractivity contribution in [3.05, 3.63) is 35.5 Å². The van der Waals surface area contributed by atoms with Crippen LogP contribution in [0.5, 0.6) is 0 Å². The second-order valence-electron chi connectivity index (χ2n) is 6.99. The molecule has 8 heteroatoms. The molecule has 2 aromatic rings. The molecule has 0 fully saturated rings. The summed E-state index contributed by atoms with van der Waals surface area (Å²) >= 11 is 0. The Kier molecular flexibility index (Phi) is 7.64. The van der Waals surface area contributed by atoms with Crippen LogP contribution in [0.1, 0.15) is 16.1 Å². The van der Waals surface area contributed by atoms with Gasteiger partial charge in [0, 0.05) is 24.5 Å². The molecule has 1 atom stereocenters. The van der Waals surface area contributed by atoms with Gasteiger partial charge in [0.2, 0.25) is 0 Å². The Morgan fingerprint density at radius 3 is 2.52 bits per heavy atom. The smallest absolute Gasteiger partial charge is 0.270 e. The number of carbonyl (C=O) groups is 1. The number of aliphatic hydroxyl groups is 3. The summed E-state index contributed by atoms with van der Waals surface area (Å²) in [6.07, 6.45) is 0.135. The Balaban J connectivity index is 0.00000261. The number of quaternary nitrogens is 1. The molecule has 1 aliphatic rings. The van der Waals surface area contributed by atoms with Crippen molar-refractivity contribution in [1.29, 1.82) is 0 Å². The molecule has 0 radical (unpaired) electrons. The van der Waals surface area contributed by atoms with Crippen LogP contribution in [0.2, 0.25) is 0 Å². The maximum atomic E-state index is 12.8. The number of carbonyl (C=O) groups excluding carboxylic acids is 1. The van der Waals surface area contributed by atoms with Crippen LogP contribution in [0.25, 0.3) is 10.9 Å². The number of nitrogens with zero attached hydrogens (tertiary/aromatic N) is 2. The zero-order valence-corrected chi connectivity index (χ0v) is 16.3. The molecule has 0 saturated heterocycles. The van der Waals surface area contributed by atoms with Crippen molar-refractivity contribution in [3.8, 4) is 0 Å². The van der Waals surface area contributed by atoms with Crippen molar-refractivity contribution in [2.75, 3.05) is 46.4 Å². The number of aliphatic hydroxyl groups excluding tert-OH is 3. The van der Waals surface area contributed by atoms with Gasteiger partial charge >= 0.3 is 0 Å². The van der Waals surface area contributed by atoms with Crippen molar-refractivity contribution >= 4 is 16.8 Å². The minimum absolute atomic E-state index is 0. The Hall–Kier alpha value is -1.64. The topological polar surface area (TPSA) is 90.4 Å². The lowest BCUT2D eigenvalue weighted by Crippen LogP contribution is -3.14. The SMILES string of the molecule is CN1CCc2c(n(CC(O)C[NH+](CCO)CCO)c3ccccc23)C1=O.[Cl-]. The van der Waals surface area contributed by atoms with Crippen molar-refractivity contribution in [1.82, 2.24) is 9.47 Å². The fraction of sp³-hybridized carbons (Fsp3) is 0.526. The number of halogens is 1. The molecule has 1 aliphatic heterocycles. The van der Waals surface area contributed by atoms with Crippen LogP contribution in [0.3, 0.4) is 0 Å². The van der Waals surface area contributed by atoms with Crippen molar-refractivity contribution in [3.63, 3.8) is 0 Å². The Bertz CT molecular complexity index is 774. The number of amides is 1. The molecule has 0 spiro atoms. The number of para-hydroxylation sites is 1. The van der Waals surface area contributed by atoms with E-state index >= 15 is 0 Å². The van der Waals surface area contributed by atoms with Crippen LogP contribution in [-0.2, 0) is 13.0 Å². The van der Waals surface area contributed by atoms with Crippen LogP contribution in [0.4, 0.5) is 0 Å². The first-order valence-electron chi connectivity index (χ1n) is 9.15. The number of rotatable bonds is 8. The monoisotopic (exact) mass is 397 g/mol. The second-order valence-corrected chi connectivity index (χ2v) is 6.99. The summed E-state index contributed by atoms with van der Waals surface area (Å²) in [6, 6.07) is 7.94. The second kappa shape index (κ2) is 9.52. The van der Waals surface area contributed by atoms with E-state index in [4.69, 9.17) is 10.2 Å². The third-order valence-electron chi connectivity index (χ3n) is 5.17. The highest BCUT2D eigenvalue weighted by Gasteiger charge is 2.30. The third kappa shape index (κ3) is 4.44. The highest BCUT2D eigenvalue weighted by atomic mass is 35.5. The van der Waals surface area contributed by atoms with E-state index in [2.05, 4.69) is 0 Å². The van der Waals surface area contributed by atoms with Crippen LogP contribution >= 0.6 is 0 Å². The molecule has 1 unspecified atom stereocenters. The average Bonchev–Trinajstić information content (AvgIpc) is 2.93. The van der Waals surface area contributed by atoms with Gasteiger partial charge in [0.15, 0.2) is 0 Å². The number of aromatic nitrogens is 1. The molecule has 7 nitrogen and oxygen atoms in total. The lowest BCUT2D eigenvalue weighted by molar-refractivity contribution is -0.904. The molecule has 1 amide bonds. The summed E-state index contributed by atoms with van der Waals surface area (Å²) < 4.78 is 1.93. The van der Waals surface area contributed by atoms with Crippen molar-refractivity contribution < 1.29 is 37.4 Å². The van der Waals surface area contributed by atoms with E-state index in [0.717, 1.165) is 27.8 Å². The maximum Gasteiger partial charge on any atom is 0.270 e. The number of nitrogens with one attached hydrogen (secondary N) is 1. The molecule has 3 rings (SSSR count). The lowest BCUT2D eigenvalue weighted by Gasteiger charge is -2.26. The molecule has 0 saturated carbocycles. The van der Waals surface area contributed by atoms with Gasteiger partial charge in [-0.3, -0.25) is 4.79 Å². The number of likely N-dealkylation sites (N-methyl/N-ethyl adjacent to an activating group) is 1. The fourth-order valence-electron chi connectivity index (χ4n) is 3.88. The summed E-state index contributed by atoms with van der Waals surface area (Å²) in [5.74, 6) is -0.00966. The summed E-state index contributed by atoms with van der Waals surface area (Å²) in [5.41, 5.74) is 2.70. The van der Waals surface area contributed by atoms with Gasteiger partial charge in [0.25, 0.3) is 5.91 Å². The first kappa shape index (κ1) is 21.7. The van der Waals surface area contributed by atoms with Crippen LogP contribution < -0.4 is 17.3 Å². The molecule has 0 bridgehead atoms. The molecule has 150 valence electrons. The predicted molar refractivity (Wildman–Crippen MR) is 98.3 cm³/mol. The largest absolute Gasteiger partial charge is 1.00 e. The highest BCUT2D eigenvalue weighted by molar-refractivity contribution is 6.02. The van der Waals surface area contributed by atoms with Gasteiger partial charge < -0.3 is 42.1 Å². The van der Waals surface area contributed by atoms with E-state index in [-0.39, 0.29) is 31.5 Å². The molecule has 1 aromatic heterocycles. The first-order chi connectivity index (χ1) is 12.6. The third-order valence-corrected chi connectivity index (χ3v) is 5.17. The van der Waals surface area contributed by atoms with Gasteiger partial charge in [-0.2, -0.15) is 0 Å². The summed E-state index contributed by atoms with van der Waals surface area (Å²) in [5, 5.41) is 30.0. The predicted octanol–water partition coefficient (Wildman–Crippen LogP) is -4.50. The maximum absolute atomic E-state index is 12.8. The number of hydrogen-bond donors (Lipinski definition) is 4. The van der Waals surface area contributed by atoms with E-state index in [1.807, 2.05) is 28.8 Å². The number of fused-ring (bicyclic) bond motifs is 3. The molecule has 2 heterocycles. The highest BCUT2D eigenvalue weighted by Crippen LogP contribution is 2.30. The van der Waals surface area contributed by atoms with E-state index in [0.29, 0.717) is 38.4 Å². The van der Waals surface area contributed by atoms with Gasteiger partial charge in [-0.25, -0.2) is 0 Å². The van der Waals surface area contributed by atoms with E-state index in [1.54, 1.807) is 11.9 Å². The molecular weight excluding hydrogens is 370 g/mol. The first-order valence-corrected chi connectivity index (χ1v) is 9.15. The van der Waals surface area contributed by atoms with Gasteiger partial charge in [-0.15, -0.1) is 0 Å². The van der Waals surface area contributed by atoms with E-state index in [1.165, 1.54) is 0 Å². The quantitative estimate of drug-likeness (QED) is 0.361. The minimum atomic E-state index is -0.678. The van der Waals surface area contributed by atoms with Gasteiger partial charge in [-0.1, -0.05) is 18.2 Å². The van der Waals surface area contributed by atoms with Gasteiger partial charge in [-0.05, 0) is 18.1 Å². The van der Waals surface area contributed by atoms with Crippen LogP contribution in [-0.4, -0.2) is 83.2 Å². The Labute approximate surface area is 165 Å². The zero-order chi connectivity index (χ0) is 18.7. The summed E-state index contributed by atoms with van der Waals surface area (Å²) in [6.45, 7) is 2.39. The molecule has 27 heavy (non-hydrogen) atoms. The van der Waals surface area contributed by atoms with Gasteiger partial charge in [0.1, 0.15) is 31.4 Å². The minimum Gasteiger partial charge on any atom is -1.00 e. The summed E-state index contributed by atoms with van der Waals surface area (Å²) in [7, 11) is 1.80. The van der Waals surface area contributed by atoms with Crippen LogP contribution in [0, 0.1) is 0 Å². The summed E-state index contributed by atoms with van der Waals surface area (Å²) in [4.78, 5) is 15.4. The van der Waals surface area contributed by atoms with Gasteiger partial charge in [0.05, 0.1) is 19.8 Å². The molecule has 1 aromatic carbocycles. The standard InChI is InChI=1S/C19H27N3O4.ClH/c1-20-7-6-16-15-4-2-3-5-17(15)22(18(16)19(20)26)13-14(25)12-21(8-10-23)9-11-24;/h2-5,14,23-25H,6-13H2,1H3;1H. The van der Waals surface area contributed by atoms with Crippen LogP contribution in [0.15, 0.2) is 24.3 Å². The normalized spacial score (nSPS) is 15.1. The Morgan fingerprint density at radius 1 is 1.19 bits per heavy atom. The average molecular weight is 398 g/mol. The van der Waals surface area contributed by atoms with E-state index in [9.17, 15) is 9.90 Å². The number of benzene rings is 1. The van der Waals surface area contributed by atoms with Crippen molar-refractivity contribution in [2.24, 2.45) is 0 Å². The zero-order valence-electron chi connectivity index (χ0n) is 15.6. The molecule has 0 aliphatic carbocycles. The lowest BCUT2D eigenvalue weighted by atomic mass is 10.0. The van der Waals surface area contributed by atoms with E-state index < -0.39 is 6.10 Å². The number of hydrogen-bond acceptors (Lipinski definition) is 4. The molecular formula is C19H28ClN3O4. The fourth-order valence-corrected chi connectivity index (χ4v) is 3.88. The Morgan fingerprint density at radius 2 is 1.85 bits per heavy atom. The van der Waals surface area contributed by atoms with Crippen molar-refractivity contribution in [2.45, 2.75) is 19.1 Å². The molecule has 4 N–H and O–H groups in total.